The van der Waals surface area contributed by atoms with Crippen molar-refractivity contribution in [2.75, 3.05) is 26.2 Å². The largest absolute Gasteiger partial charge is 0.352 e. The number of benzene rings is 2. The number of nitrogens with zero attached hydrogens (tertiary/aromatic N) is 2. The van der Waals surface area contributed by atoms with E-state index < -0.39 is 0 Å². The average Bonchev–Trinajstić information content (AvgIpc) is 2.93. The molecule has 4 rings (SSSR count). The lowest BCUT2D eigenvalue weighted by molar-refractivity contribution is -0.130. The molecule has 2 aliphatic rings. The molecule has 222 valence electrons. The summed E-state index contributed by atoms with van der Waals surface area (Å²) >= 11 is 7.97. The van der Waals surface area contributed by atoms with Crippen LogP contribution in [0.5, 0.6) is 0 Å². The Morgan fingerprint density at radius 2 is 1.78 bits per heavy atom. The Morgan fingerprint density at radius 1 is 1.07 bits per heavy atom. The Bertz CT molecular complexity index is 1190. The van der Waals surface area contributed by atoms with Gasteiger partial charge in [-0.1, -0.05) is 76.4 Å². The quantitative estimate of drug-likeness (QED) is 0.204. The van der Waals surface area contributed by atoms with E-state index in [9.17, 15) is 9.59 Å². The van der Waals surface area contributed by atoms with E-state index in [2.05, 4.69) is 42.8 Å². The van der Waals surface area contributed by atoms with Crippen molar-refractivity contribution in [2.45, 2.75) is 77.6 Å². The fourth-order valence-corrected chi connectivity index (χ4v) is 7.66. The molecule has 1 heterocycles. The zero-order chi connectivity index (χ0) is 29.4. The third-order valence-electron chi connectivity index (χ3n) is 7.71. The van der Waals surface area contributed by atoms with Gasteiger partial charge in [-0.15, -0.1) is 11.8 Å². The van der Waals surface area contributed by atoms with Crippen LogP contribution in [0.15, 0.2) is 53.4 Å². The lowest BCUT2D eigenvalue weighted by Gasteiger charge is -2.44. The maximum Gasteiger partial charge on any atom is 0.260 e. The fraction of sp³-hybridized carbons (Fsp3) is 0.529. The zero-order valence-corrected chi connectivity index (χ0v) is 26.6. The summed E-state index contributed by atoms with van der Waals surface area (Å²) in [6.07, 6.45) is 7.47. The van der Waals surface area contributed by atoms with Gasteiger partial charge >= 0.3 is 0 Å². The maximum absolute atomic E-state index is 13.7. The van der Waals surface area contributed by atoms with E-state index in [1.165, 1.54) is 6.42 Å². The van der Waals surface area contributed by atoms with Gasteiger partial charge in [-0.25, -0.2) is 0 Å². The number of amides is 2. The number of thioether (sulfide) groups is 1. The van der Waals surface area contributed by atoms with E-state index in [1.807, 2.05) is 54.6 Å². The molecule has 2 aromatic carbocycles. The number of carbonyl (C=O) groups is 2. The second-order valence-electron chi connectivity index (χ2n) is 12.4. The summed E-state index contributed by atoms with van der Waals surface area (Å²) in [6, 6.07) is 15.7. The number of nitrogens with one attached hydrogen (secondary N) is 1. The van der Waals surface area contributed by atoms with Gasteiger partial charge < -0.3 is 15.1 Å². The van der Waals surface area contributed by atoms with Crippen LogP contribution >= 0.6 is 23.4 Å². The molecule has 0 spiro atoms. The molecule has 2 atom stereocenters. The lowest BCUT2D eigenvalue weighted by atomic mass is 9.92. The summed E-state index contributed by atoms with van der Waals surface area (Å²) in [4.78, 5) is 31.8. The van der Waals surface area contributed by atoms with Crippen molar-refractivity contribution >= 4 is 41.3 Å². The molecule has 5 nitrogen and oxygen atoms in total. The molecule has 2 fully saturated rings. The minimum atomic E-state index is -0.0515. The highest BCUT2D eigenvalue weighted by Gasteiger charge is 2.40. The van der Waals surface area contributed by atoms with Gasteiger partial charge in [0.25, 0.3) is 11.8 Å². The first kappa shape index (κ1) is 31.7. The Balaban J connectivity index is 1.36. The van der Waals surface area contributed by atoms with Gasteiger partial charge in [0, 0.05) is 48.1 Å². The van der Waals surface area contributed by atoms with Gasteiger partial charge in [-0.2, -0.15) is 0 Å². The minimum Gasteiger partial charge on any atom is -0.352 e. The summed E-state index contributed by atoms with van der Waals surface area (Å²) in [5, 5.41) is 4.18. The predicted octanol–water partition coefficient (Wildman–Crippen LogP) is 7.50. The summed E-state index contributed by atoms with van der Waals surface area (Å²) < 4.78 is 0. The Morgan fingerprint density at radius 3 is 2.46 bits per heavy atom. The van der Waals surface area contributed by atoms with Crippen LogP contribution in [0, 0.1) is 11.8 Å². The van der Waals surface area contributed by atoms with Crippen molar-refractivity contribution in [3.8, 4) is 0 Å². The van der Waals surface area contributed by atoms with Crippen molar-refractivity contribution in [1.29, 1.82) is 0 Å². The van der Waals surface area contributed by atoms with Crippen LogP contribution < -0.4 is 5.32 Å². The van der Waals surface area contributed by atoms with E-state index in [4.69, 9.17) is 11.6 Å². The third-order valence-corrected chi connectivity index (χ3v) is 9.35. The van der Waals surface area contributed by atoms with Crippen LogP contribution in [0.1, 0.15) is 81.3 Å². The molecular formula is C34H46ClN3O2S. The molecule has 0 aromatic heterocycles. The summed E-state index contributed by atoms with van der Waals surface area (Å²) in [5.74, 6) is 1.30. The third kappa shape index (κ3) is 9.36. The zero-order valence-electron chi connectivity index (χ0n) is 25.1. The molecule has 1 saturated heterocycles. The molecule has 1 aliphatic carbocycles. The standard InChI is InChI=1S/C34H46ClN3O2S/c1-24(2)21-37(22-25(3)4)18-8-17-36-33(39)28-15-13-26(14-16-28)20-32-34(40)38(23-27-9-7-10-29(35)19-27)30-11-5-6-12-31(30)41-32/h7,9-10,13-16,19-20,24-25,30-31H,5-6,8,11-12,17-18,21-23H2,1-4H3,(H,36,39)/b32-20+. The Labute approximate surface area is 256 Å². The van der Waals surface area contributed by atoms with E-state index in [1.54, 1.807) is 11.8 Å². The van der Waals surface area contributed by atoms with E-state index in [0.717, 1.165) is 61.3 Å². The van der Waals surface area contributed by atoms with Crippen molar-refractivity contribution < 1.29 is 9.59 Å². The highest BCUT2D eigenvalue weighted by Crippen LogP contribution is 2.42. The molecule has 2 unspecified atom stereocenters. The number of rotatable bonds is 12. The molecule has 1 N–H and O–H groups in total. The average molecular weight is 596 g/mol. The van der Waals surface area contributed by atoms with E-state index in [0.29, 0.717) is 40.8 Å². The van der Waals surface area contributed by atoms with Gasteiger partial charge in [0.05, 0.1) is 4.91 Å². The Kier molecular flexibility index (Phi) is 11.8. The topological polar surface area (TPSA) is 52.7 Å². The second kappa shape index (κ2) is 15.3. The highest BCUT2D eigenvalue weighted by atomic mass is 35.5. The monoisotopic (exact) mass is 595 g/mol. The molecule has 41 heavy (non-hydrogen) atoms. The van der Waals surface area contributed by atoms with Crippen LogP contribution in [0.25, 0.3) is 6.08 Å². The molecule has 2 aromatic rings. The van der Waals surface area contributed by atoms with Gasteiger partial charge in [0.15, 0.2) is 0 Å². The number of fused-ring (bicyclic) bond motifs is 1. The molecule has 0 radical (unpaired) electrons. The van der Waals surface area contributed by atoms with Crippen LogP contribution in [-0.4, -0.2) is 59.1 Å². The van der Waals surface area contributed by atoms with Gasteiger partial charge in [-0.3, -0.25) is 9.59 Å². The molecule has 0 bridgehead atoms. The van der Waals surface area contributed by atoms with Crippen LogP contribution in [-0.2, 0) is 11.3 Å². The first-order valence-electron chi connectivity index (χ1n) is 15.2. The van der Waals surface area contributed by atoms with Crippen molar-refractivity contribution in [2.24, 2.45) is 11.8 Å². The van der Waals surface area contributed by atoms with Gasteiger partial charge in [0.2, 0.25) is 0 Å². The van der Waals surface area contributed by atoms with E-state index in [-0.39, 0.29) is 17.9 Å². The number of hydrogen-bond donors (Lipinski definition) is 1. The SMILES string of the molecule is CC(C)CN(CCCNC(=O)c1ccc(/C=C2/SC3CCCCC3N(Cc3cccc(Cl)c3)C2=O)cc1)CC(C)C. The first-order valence-corrected chi connectivity index (χ1v) is 16.5. The van der Waals surface area contributed by atoms with E-state index >= 15 is 0 Å². The highest BCUT2D eigenvalue weighted by molar-refractivity contribution is 8.04. The lowest BCUT2D eigenvalue weighted by Crippen LogP contribution is -2.50. The van der Waals surface area contributed by atoms with Gasteiger partial charge in [0.1, 0.15) is 0 Å². The molecule has 2 amide bonds. The second-order valence-corrected chi connectivity index (χ2v) is 14.1. The normalized spacial score (nSPS) is 20.2. The van der Waals surface area contributed by atoms with Crippen LogP contribution in [0.3, 0.4) is 0 Å². The number of hydrogen-bond acceptors (Lipinski definition) is 4. The van der Waals surface area contributed by atoms with Gasteiger partial charge in [-0.05, 0) is 79.1 Å². The van der Waals surface area contributed by atoms with Crippen molar-refractivity contribution in [3.05, 3.63) is 75.1 Å². The number of carbonyl (C=O) groups excluding carboxylic acids is 2. The minimum absolute atomic E-state index is 0.0515. The summed E-state index contributed by atoms with van der Waals surface area (Å²) in [5.41, 5.74) is 2.64. The molecule has 7 heteroatoms. The van der Waals surface area contributed by atoms with Crippen molar-refractivity contribution in [3.63, 3.8) is 0 Å². The Hall–Kier alpha value is -2.28. The fourth-order valence-electron chi connectivity index (χ4n) is 5.97. The first-order chi connectivity index (χ1) is 19.7. The smallest absolute Gasteiger partial charge is 0.260 e. The molecular weight excluding hydrogens is 550 g/mol. The summed E-state index contributed by atoms with van der Waals surface area (Å²) in [7, 11) is 0. The van der Waals surface area contributed by atoms with Crippen molar-refractivity contribution in [1.82, 2.24) is 15.1 Å². The number of halogens is 1. The van der Waals surface area contributed by atoms with Crippen LogP contribution in [0.2, 0.25) is 5.02 Å². The van der Waals surface area contributed by atoms with Crippen LogP contribution in [0.4, 0.5) is 0 Å². The maximum atomic E-state index is 13.7. The summed E-state index contributed by atoms with van der Waals surface area (Å²) in [6.45, 7) is 13.4. The predicted molar refractivity (Wildman–Crippen MR) is 173 cm³/mol. The molecule has 1 aliphatic heterocycles. The molecule has 1 saturated carbocycles.